The van der Waals surface area contributed by atoms with E-state index in [1.54, 1.807) is 48.5 Å². The normalized spacial score (nSPS) is 10.9. The van der Waals surface area contributed by atoms with Gasteiger partial charge in [-0.1, -0.05) is 48.5 Å². The molecule has 0 heterocycles. The number of ether oxygens (including phenoxy) is 1. The summed E-state index contributed by atoms with van der Waals surface area (Å²) in [5.74, 6) is -3.93. The standard InChI is InChI=1S/C25H18O7/c1-13(26)32-25(31)21-11-15-7-3-5-9-17(15)19(23(21)28)12-18-16-8-4-2-6-14(16)10-20(22(18)27)24(29)30/h2-11,27-28H,12H2,1H3,(H,29,30). The van der Waals surface area contributed by atoms with Gasteiger partial charge in [-0.15, -0.1) is 0 Å². The van der Waals surface area contributed by atoms with Crippen molar-refractivity contribution in [2.75, 3.05) is 0 Å². The zero-order chi connectivity index (χ0) is 23.0. The van der Waals surface area contributed by atoms with Crippen LogP contribution >= 0.6 is 0 Å². The second-order valence-electron chi connectivity index (χ2n) is 7.31. The van der Waals surface area contributed by atoms with Gasteiger partial charge < -0.3 is 20.1 Å². The Bertz CT molecular complexity index is 1420. The summed E-state index contributed by atoms with van der Waals surface area (Å²) >= 11 is 0. The number of carboxylic acid groups (broad SMARTS) is 1. The van der Waals surface area contributed by atoms with Crippen molar-refractivity contribution in [3.63, 3.8) is 0 Å². The van der Waals surface area contributed by atoms with Gasteiger partial charge in [0.1, 0.15) is 22.6 Å². The lowest BCUT2D eigenvalue weighted by Gasteiger charge is -2.16. The van der Waals surface area contributed by atoms with Crippen molar-refractivity contribution >= 4 is 39.5 Å². The predicted molar refractivity (Wildman–Crippen MR) is 117 cm³/mol. The summed E-state index contributed by atoms with van der Waals surface area (Å²) in [6, 6.07) is 16.8. The molecular formula is C25H18O7. The zero-order valence-corrected chi connectivity index (χ0v) is 17.0. The smallest absolute Gasteiger partial charge is 0.349 e. The van der Waals surface area contributed by atoms with Crippen LogP contribution in [0.15, 0.2) is 60.7 Å². The summed E-state index contributed by atoms with van der Waals surface area (Å²) in [5, 5.41) is 33.7. The third kappa shape index (κ3) is 3.60. The van der Waals surface area contributed by atoms with Gasteiger partial charge in [0, 0.05) is 24.5 Å². The first-order valence-corrected chi connectivity index (χ1v) is 9.71. The van der Waals surface area contributed by atoms with Crippen molar-refractivity contribution in [2.45, 2.75) is 13.3 Å². The number of aromatic carboxylic acids is 1. The van der Waals surface area contributed by atoms with Gasteiger partial charge in [-0.25, -0.2) is 9.59 Å². The summed E-state index contributed by atoms with van der Waals surface area (Å²) in [6.07, 6.45) is -0.0684. The van der Waals surface area contributed by atoms with Gasteiger partial charge in [-0.3, -0.25) is 4.79 Å². The molecule has 0 unspecified atom stereocenters. The molecule has 4 aromatic carbocycles. The molecule has 160 valence electrons. The molecular weight excluding hydrogens is 412 g/mol. The van der Waals surface area contributed by atoms with Crippen LogP contribution in [0.1, 0.15) is 38.8 Å². The van der Waals surface area contributed by atoms with Crippen LogP contribution < -0.4 is 0 Å². The second kappa shape index (κ2) is 8.03. The average molecular weight is 430 g/mol. The molecule has 0 saturated carbocycles. The Morgan fingerprint density at radius 3 is 1.75 bits per heavy atom. The Kier molecular flexibility index (Phi) is 5.24. The number of phenolic OH excluding ortho intramolecular Hbond substituents is 1. The fourth-order valence-electron chi connectivity index (χ4n) is 3.86. The van der Waals surface area contributed by atoms with Crippen molar-refractivity contribution < 1.29 is 34.4 Å². The highest BCUT2D eigenvalue weighted by molar-refractivity contribution is 6.04. The summed E-state index contributed by atoms with van der Waals surface area (Å²) in [4.78, 5) is 35.4. The first kappa shape index (κ1) is 20.9. The van der Waals surface area contributed by atoms with E-state index in [9.17, 15) is 29.7 Å². The SMILES string of the molecule is CC(=O)OC(=O)c1cc2ccccc2c(Cc2c(O)c(C(=O)O)cc3ccccc23)c1O. The summed E-state index contributed by atoms with van der Waals surface area (Å²) in [5.41, 5.74) is 0.112. The van der Waals surface area contributed by atoms with Gasteiger partial charge in [0.15, 0.2) is 0 Å². The Morgan fingerprint density at radius 1 is 0.781 bits per heavy atom. The van der Waals surface area contributed by atoms with Gasteiger partial charge in [0.25, 0.3) is 0 Å². The van der Waals surface area contributed by atoms with E-state index < -0.39 is 29.4 Å². The van der Waals surface area contributed by atoms with Crippen LogP contribution in [0.4, 0.5) is 0 Å². The van der Waals surface area contributed by atoms with Gasteiger partial charge in [-0.2, -0.15) is 0 Å². The Hall–Kier alpha value is -4.39. The minimum absolute atomic E-state index is 0.0684. The zero-order valence-electron chi connectivity index (χ0n) is 17.0. The maximum atomic E-state index is 12.4. The number of hydrogen-bond acceptors (Lipinski definition) is 6. The van der Waals surface area contributed by atoms with Crippen LogP contribution in [-0.2, 0) is 16.0 Å². The molecule has 0 saturated heterocycles. The van der Waals surface area contributed by atoms with Crippen LogP contribution in [0.25, 0.3) is 21.5 Å². The lowest BCUT2D eigenvalue weighted by molar-refractivity contribution is -0.135. The van der Waals surface area contributed by atoms with Gasteiger partial charge in [0.2, 0.25) is 0 Å². The predicted octanol–water partition coefficient (Wildman–Crippen LogP) is 4.40. The van der Waals surface area contributed by atoms with Gasteiger partial charge in [0.05, 0.1) is 0 Å². The highest BCUT2D eigenvalue weighted by atomic mass is 16.6. The molecule has 0 aliphatic carbocycles. The molecule has 7 nitrogen and oxygen atoms in total. The van der Waals surface area contributed by atoms with Crippen molar-refractivity contribution in [3.8, 4) is 11.5 Å². The van der Waals surface area contributed by atoms with Crippen molar-refractivity contribution in [1.29, 1.82) is 0 Å². The highest BCUT2D eigenvalue weighted by Gasteiger charge is 2.24. The molecule has 0 spiro atoms. The minimum atomic E-state index is -1.29. The highest BCUT2D eigenvalue weighted by Crippen LogP contribution is 2.39. The first-order chi connectivity index (χ1) is 15.3. The molecule has 7 heteroatoms. The van der Waals surface area contributed by atoms with E-state index in [-0.39, 0.29) is 23.1 Å². The average Bonchev–Trinajstić information content (AvgIpc) is 2.75. The van der Waals surface area contributed by atoms with Crippen molar-refractivity contribution in [3.05, 3.63) is 82.9 Å². The molecule has 0 bridgehead atoms. The quantitative estimate of drug-likeness (QED) is 0.324. The minimum Gasteiger partial charge on any atom is -0.507 e. The number of carboxylic acids is 1. The molecule has 0 aliphatic heterocycles. The molecule has 32 heavy (non-hydrogen) atoms. The van der Waals surface area contributed by atoms with Gasteiger partial charge in [-0.05, 0) is 33.7 Å². The number of aromatic hydroxyl groups is 2. The summed E-state index contributed by atoms with van der Waals surface area (Å²) < 4.78 is 4.65. The maximum absolute atomic E-state index is 12.4. The van der Waals surface area contributed by atoms with E-state index >= 15 is 0 Å². The number of carbonyl (C=O) groups is 3. The number of esters is 2. The first-order valence-electron chi connectivity index (χ1n) is 9.71. The van der Waals surface area contributed by atoms with E-state index in [1.165, 1.54) is 12.1 Å². The second-order valence-corrected chi connectivity index (χ2v) is 7.31. The number of carbonyl (C=O) groups excluding carboxylic acids is 2. The number of phenols is 2. The molecule has 0 atom stereocenters. The van der Waals surface area contributed by atoms with Crippen LogP contribution in [0.2, 0.25) is 0 Å². The molecule has 4 rings (SSSR count). The summed E-state index contributed by atoms with van der Waals surface area (Å²) in [6.45, 7) is 1.08. The number of hydrogen-bond donors (Lipinski definition) is 3. The van der Waals surface area contributed by atoms with E-state index in [0.717, 1.165) is 6.92 Å². The fraction of sp³-hybridized carbons (Fsp3) is 0.0800. The molecule has 0 amide bonds. The number of benzene rings is 4. The van der Waals surface area contributed by atoms with Crippen LogP contribution in [0.5, 0.6) is 11.5 Å². The van der Waals surface area contributed by atoms with Crippen LogP contribution in [0.3, 0.4) is 0 Å². The topological polar surface area (TPSA) is 121 Å². The van der Waals surface area contributed by atoms with Crippen LogP contribution in [-0.4, -0.2) is 33.2 Å². The van der Waals surface area contributed by atoms with E-state index in [4.69, 9.17) is 0 Å². The Balaban J connectivity index is 1.99. The van der Waals surface area contributed by atoms with Crippen LogP contribution in [0, 0.1) is 0 Å². The largest absolute Gasteiger partial charge is 0.507 e. The fourth-order valence-corrected chi connectivity index (χ4v) is 3.86. The van der Waals surface area contributed by atoms with Crippen molar-refractivity contribution in [2.24, 2.45) is 0 Å². The lowest BCUT2D eigenvalue weighted by Crippen LogP contribution is -2.10. The molecule has 0 radical (unpaired) electrons. The maximum Gasteiger partial charge on any atom is 0.349 e. The van der Waals surface area contributed by atoms with Gasteiger partial charge >= 0.3 is 17.9 Å². The third-order valence-electron chi connectivity index (χ3n) is 5.29. The van der Waals surface area contributed by atoms with E-state index in [2.05, 4.69) is 4.74 Å². The third-order valence-corrected chi connectivity index (χ3v) is 5.29. The lowest BCUT2D eigenvalue weighted by atomic mass is 9.90. The molecule has 4 aromatic rings. The number of fused-ring (bicyclic) bond motifs is 2. The van der Waals surface area contributed by atoms with E-state index in [0.29, 0.717) is 27.1 Å². The Labute approximate surface area is 182 Å². The Morgan fingerprint density at radius 2 is 1.25 bits per heavy atom. The van der Waals surface area contributed by atoms with Crippen molar-refractivity contribution in [1.82, 2.24) is 0 Å². The monoisotopic (exact) mass is 430 g/mol. The molecule has 3 N–H and O–H groups in total. The summed E-state index contributed by atoms with van der Waals surface area (Å²) in [7, 11) is 0. The molecule has 0 aromatic heterocycles. The molecule has 0 fully saturated rings. The number of rotatable bonds is 4. The van der Waals surface area contributed by atoms with E-state index in [1.807, 2.05) is 0 Å². The molecule has 0 aliphatic rings.